The van der Waals surface area contributed by atoms with Gasteiger partial charge in [-0.3, -0.25) is 4.68 Å². The van der Waals surface area contributed by atoms with Crippen molar-refractivity contribution in [1.29, 1.82) is 0 Å². The molecule has 0 saturated carbocycles. The molecule has 0 radical (unpaired) electrons. The molecule has 3 heterocycles. The minimum absolute atomic E-state index is 0. The Bertz CT molecular complexity index is 2240. The monoisotopic (exact) mass is 736 g/mol. The van der Waals surface area contributed by atoms with Crippen LogP contribution in [0.1, 0.15) is 70.0 Å². The molecule has 250 valence electrons. The number of fused-ring (bicyclic) bond motifs is 3. The Balaban J connectivity index is 0.00000417. The molecule has 7 aromatic rings. The smallest absolute Gasteiger partial charge is 0.509 e. The molecule has 0 fully saturated rings. The molecule has 7 rings (SSSR count). The quantitative estimate of drug-likeness (QED) is 0.109. The number of unbranched alkanes of at least 4 members (excludes halogenated alkanes) is 1. The molecule has 0 spiro atoms. The molecule has 0 saturated heterocycles. The van der Waals surface area contributed by atoms with Crippen molar-refractivity contribution in [2.24, 2.45) is 0 Å². The van der Waals surface area contributed by atoms with E-state index in [1.54, 1.807) is 0 Å². The zero-order valence-corrected chi connectivity index (χ0v) is 30.6. The second kappa shape index (κ2) is 14.2. The van der Waals surface area contributed by atoms with Gasteiger partial charge in [-0.05, 0) is 77.6 Å². The van der Waals surface area contributed by atoms with E-state index in [-0.39, 0.29) is 25.8 Å². The molecule has 4 aromatic carbocycles. The summed E-state index contributed by atoms with van der Waals surface area (Å²) in [6.07, 6.45) is 5.82. The van der Waals surface area contributed by atoms with Gasteiger partial charge < -0.3 is 9.30 Å². The van der Waals surface area contributed by atoms with Gasteiger partial charge in [-0.15, -0.1) is 35.7 Å². The molecule has 49 heavy (non-hydrogen) atoms. The topological polar surface area (TPSA) is 44.9 Å². The van der Waals surface area contributed by atoms with Crippen LogP contribution in [0, 0.1) is 19.1 Å². The third-order valence-corrected chi connectivity index (χ3v) is 9.08. The predicted octanol–water partition coefficient (Wildman–Crippen LogP) is 10.9. The minimum atomic E-state index is 0. The average molecular weight is 737 g/mol. The Morgan fingerprint density at radius 3 is 2.33 bits per heavy atom. The van der Waals surface area contributed by atoms with Crippen molar-refractivity contribution in [3.8, 4) is 34.1 Å². The number of nitrogens with zero attached hydrogens (tertiary/aromatic N) is 4. The molecule has 0 aliphatic carbocycles. The molecular weight excluding hydrogens is 695 g/mol. The van der Waals surface area contributed by atoms with Gasteiger partial charge in [-0.25, -0.2) is 4.98 Å². The fraction of sp³-hybridized carbons (Fsp3) is 0.256. The summed E-state index contributed by atoms with van der Waals surface area (Å²) in [5.74, 6) is 2.09. The van der Waals surface area contributed by atoms with Crippen molar-refractivity contribution < 1.29 is 25.2 Å². The Labute approximate surface area is 303 Å². The van der Waals surface area contributed by atoms with E-state index in [1.807, 2.05) is 30.5 Å². The van der Waals surface area contributed by atoms with Crippen LogP contribution < -0.4 is 4.74 Å². The van der Waals surface area contributed by atoms with Crippen LogP contribution in [0.15, 0.2) is 97.2 Å². The maximum atomic E-state index is 6.49. The minimum Gasteiger partial charge on any atom is -0.509 e. The molecule has 0 aliphatic heterocycles. The molecular formula is C43H42N4OPd. The SMILES string of the molecule is CCCCc1c(-c2ccc(C(C)(C)C)cc2)c(CC)nn1-c1[c-]c(Oc2[c-]c3c(cc2)c2ccccc2n3-c2cc(C)ccn2)ccc1.[Pd+2]. The third-order valence-electron chi connectivity index (χ3n) is 9.08. The van der Waals surface area contributed by atoms with Crippen LogP contribution >= 0.6 is 0 Å². The van der Waals surface area contributed by atoms with Crippen LogP contribution in [0.4, 0.5) is 0 Å². The van der Waals surface area contributed by atoms with Crippen LogP contribution in [0.2, 0.25) is 0 Å². The van der Waals surface area contributed by atoms with Gasteiger partial charge in [0.2, 0.25) is 0 Å². The van der Waals surface area contributed by atoms with Gasteiger partial charge >= 0.3 is 20.4 Å². The largest absolute Gasteiger partial charge is 2.00 e. The summed E-state index contributed by atoms with van der Waals surface area (Å²) in [6, 6.07) is 38.8. The average Bonchev–Trinajstić information content (AvgIpc) is 3.62. The van der Waals surface area contributed by atoms with Crippen LogP contribution in [-0.2, 0) is 38.7 Å². The first-order valence-corrected chi connectivity index (χ1v) is 17.1. The van der Waals surface area contributed by atoms with E-state index in [1.165, 1.54) is 22.4 Å². The van der Waals surface area contributed by atoms with Crippen LogP contribution in [0.3, 0.4) is 0 Å². The maximum absolute atomic E-state index is 6.49. The molecule has 6 heteroatoms. The van der Waals surface area contributed by atoms with Crippen LogP contribution in [0.5, 0.6) is 11.5 Å². The Morgan fingerprint density at radius 2 is 1.59 bits per heavy atom. The summed E-state index contributed by atoms with van der Waals surface area (Å²) in [5.41, 5.74) is 10.2. The summed E-state index contributed by atoms with van der Waals surface area (Å²) >= 11 is 0. The van der Waals surface area contributed by atoms with E-state index in [2.05, 4.69) is 130 Å². The van der Waals surface area contributed by atoms with Gasteiger partial charge in [-0.1, -0.05) is 89.0 Å². The molecule has 0 unspecified atom stereocenters. The maximum Gasteiger partial charge on any atom is 2.00 e. The van der Waals surface area contributed by atoms with Gasteiger partial charge in [0.05, 0.1) is 5.69 Å². The van der Waals surface area contributed by atoms with Crippen molar-refractivity contribution in [3.05, 3.63) is 132 Å². The molecule has 3 aromatic heterocycles. The number of hydrogen-bond donors (Lipinski definition) is 0. The van der Waals surface area contributed by atoms with Crippen molar-refractivity contribution in [2.75, 3.05) is 0 Å². The number of para-hydroxylation sites is 1. The number of benzene rings is 4. The van der Waals surface area contributed by atoms with E-state index < -0.39 is 0 Å². The summed E-state index contributed by atoms with van der Waals surface area (Å²) in [7, 11) is 0. The number of hydrogen-bond acceptors (Lipinski definition) is 3. The van der Waals surface area contributed by atoms with Gasteiger partial charge in [0.1, 0.15) is 5.82 Å². The fourth-order valence-corrected chi connectivity index (χ4v) is 6.55. The number of rotatable bonds is 9. The van der Waals surface area contributed by atoms with Crippen molar-refractivity contribution in [2.45, 2.75) is 72.6 Å². The molecule has 0 aliphatic rings. The summed E-state index contributed by atoms with van der Waals surface area (Å²) < 4.78 is 10.7. The van der Waals surface area contributed by atoms with Crippen molar-refractivity contribution in [3.63, 3.8) is 0 Å². The first kappa shape index (κ1) is 34.4. The first-order chi connectivity index (χ1) is 23.2. The molecule has 0 bridgehead atoms. The Hall–Kier alpha value is -4.50. The van der Waals surface area contributed by atoms with Crippen LogP contribution in [-0.4, -0.2) is 19.3 Å². The number of pyridine rings is 1. The van der Waals surface area contributed by atoms with Gasteiger partial charge in [0, 0.05) is 34.5 Å². The molecule has 0 amide bonds. The van der Waals surface area contributed by atoms with E-state index in [0.717, 1.165) is 70.3 Å². The number of ether oxygens (including phenoxy) is 1. The van der Waals surface area contributed by atoms with Gasteiger partial charge in [0.15, 0.2) is 0 Å². The summed E-state index contributed by atoms with van der Waals surface area (Å²) in [6.45, 7) is 13.3. The third kappa shape index (κ3) is 6.73. The van der Waals surface area contributed by atoms with E-state index in [0.29, 0.717) is 11.5 Å². The normalized spacial score (nSPS) is 11.6. The van der Waals surface area contributed by atoms with Crippen molar-refractivity contribution >= 4 is 21.8 Å². The number of aromatic nitrogens is 4. The predicted molar refractivity (Wildman–Crippen MR) is 197 cm³/mol. The van der Waals surface area contributed by atoms with Gasteiger partial charge in [0.25, 0.3) is 0 Å². The Morgan fingerprint density at radius 1 is 0.816 bits per heavy atom. The van der Waals surface area contributed by atoms with E-state index >= 15 is 0 Å². The van der Waals surface area contributed by atoms with Gasteiger partial charge in [-0.2, -0.15) is 17.2 Å². The number of aryl methyl sites for hydroxylation is 2. The Kier molecular flexibility index (Phi) is 9.93. The first-order valence-electron chi connectivity index (χ1n) is 17.1. The summed E-state index contributed by atoms with van der Waals surface area (Å²) in [4.78, 5) is 4.71. The molecule has 0 atom stereocenters. The second-order valence-electron chi connectivity index (χ2n) is 13.6. The molecule has 5 nitrogen and oxygen atoms in total. The fourth-order valence-electron chi connectivity index (χ4n) is 6.55. The van der Waals surface area contributed by atoms with E-state index in [9.17, 15) is 0 Å². The molecule has 0 N–H and O–H groups in total. The second-order valence-corrected chi connectivity index (χ2v) is 13.6. The zero-order valence-electron chi connectivity index (χ0n) is 29.1. The van der Waals surface area contributed by atoms with Crippen molar-refractivity contribution in [1.82, 2.24) is 19.3 Å². The summed E-state index contributed by atoms with van der Waals surface area (Å²) in [5, 5.41) is 7.43. The zero-order chi connectivity index (χ0) is 33.4. The van der Waals surface area contributed by atoms with E-state index in [4.69, 9.17) is 14.8 Å². The standard InChI is InChI=1S/C43H42N4O.Pd/c1-7-9-16-39-42(30-18-20-31(21-19-30)43(4,5)6)37(8-2)45-47(39)32-13-12-14-33(27-32)48-34-22-23-36-35-15-10-11-17-38(35)46(40(36)28-34)41-26-29(3)24-25-44-41;/h10-15,17-26H,7-9,16H2,1-6H3;/q-2;+2. The van der Waals surface area contributed by atoms with Crippen LogP contribution in [0.25, 0.3) is 44.4 Å².